The molecule has 0 unspecified atom stereocenters. The molecule has 0 aliphatic carbocycles. The highest BCUT2D eigenvalue weighted by atomic mass is 16.2. The molecule has 0 aromatic carbocycles. The first-order valence-electron chi connectivity index (χ1n) is 9.87. The average molecular weight is 382 g/mol. The van der Waals surface area contributed by atoms with Gasteiger partial charge in [-0.05, 0) is 44.0 Å². The zero-order chi connectivity index (χ0) is 19.5. The minimum atomic E-state index is -0.0354. The lowest BCUT2D eigenvalue weighted by Gasteiger charge is -2.47. The quantitative estimate of drug-likeness (QED) is 0.809. The number of fused-ring (bicyclic) bond motifs is 1. The topological polar surface area (TPSA) is 94.2 Å². The maximum atomic E-state index is 13.0. The average Bonchev–Trinajstić information content (AvgIpc) is 3.23. The minimum absolute atomic E-state index is 0.0354. The Bertz CT molecular complexity index is 836. The second kappa shape index (κ2) is 8.10. The molecular formula is C20H26N6O2. The SMILES string of the molecule is CNCCN1C(=O)CC[C@H]2CN(C(=O)c3cc(-c4ccccn4)n[nH]3)CC[C@H]21. The number of rotatable bonds is 5. The minimum Gasteiger partial charge on any atom is -0.338 e. The van der Waals surface area contributed by atoms with Crippen molar-refractivity contribution in [2.75, 3.05) is 33.2 Å². The third kappa shape index (κ3) is 3.64. The highest BCUT2D eigenvalue weighted by Gasteiger charge is 2.40. The van der Waals surface area contributed by atoms with Crippen LogP contribution in [0.25, 0.3) is 11.4 Å². The van der Waals surface area contributed by atoms with E-state index in [-0.39, 0.29) is 17.9 Å². The van der Waals surface area contributed by atoms with Crippen molar-refractivity contribution in [3.63, 3.8) is 0 Å². The van der Waals surface area contributed by atoms with Gasteiger partial charge in [0.05, 0.1) is 5.69 Å². The largest absolute Gasteiger partial charge is 0.338 e. The summed E-state index contributed by atoms with van der Waals surface area (Å²) in [5.41, 5.74) is 1.89. The molecule has 8 heteroatoms. The number of amides is 2. The first kappa shape index (κ1) is 18.6. The van der Waals surface area contributed by atoms with Crippen molar-refractivity contribution in [2.24, 2.45) is 5.92 Å². The number of likely N-dealkylation sites (N-methyl/N-ethyl adjacent to an activating group) is 1. The smallest absolute Gasteiger partial charge is 0.271 e. The third-order valence-corrected chi connectivity index (χ3v) is 5.77. The number of piperidine rings is 2. The molecular weight excluding hydrogens is 356 g/mol. The predicted molar refractivity (Wildman–Crippen MR) is 104 cm³/mol. The van der Waals surface area contributed by atoms with Crippen molar-refractivity contribution in [1.29, 1.82) is 0 Å². The van der Waals surface area contributed by atoms with Gasteiger partial charge in [0.1, 0.15) is 11.4 Å². The molecule has 2 amide bonds. The molecule has 4 rings (SSSR count). The van der Waals surface area contributed by atoms with Gasteiger partial charge < -0.3 is 15.1 Å². The molecule has 2 atom stereocenters. The molecule has 2 aromatic heterocycles. The Kier molecular flexibility index (Phi) is 5.38. The maximum absolute atomic E-state index is 13.0. The summed E-state index contributed by atoms with van der Waals surface area (Å²) in [5, 5.41) is 10.2. The number of nitrogens with zero attached hydrogens (tertiary/aromatic N) is 4. The Balaban J connectivity index is 1.43. The Morgan fingerprint density at radius 2 is 2.21 bits per heavy atom. The molecule has 0 spiro atoms. The number of H-pyrrole nitrogens is 1. The van der Waals surface area contributed by atoms with Gasteiger partial charge in [-0.25, -0.2) is 0 Å². The fourth-order valence-corrected chi connectivity index (χ4v) is 4.31. The van der Waals surface area contributed by atoms with E-state index in [0.717, 1.165) is 31.6 Å². The fourth-order valence-electron chi connectivity index (χ4n) is 4.31. The second-order valence-electron chi connectivity index (χ2n) is 7.48. The molecule has 2 saturated heterocycles. The summed E-state index contributed by atoms with van der Waals surface area (Å²) < 4.78 is 0. The zero-order valence-corrected chi connectivity index (χ0v) is 16.1. The molecule has 2 N–H and O–H groups in total. The number of likely N-dealkylation sites (tertiary alicyclic amines) is 2. The lowest BCUT2D eigenvalue weighted by atomic mass is 9.83. The molecule has 2 aliphatic heterocycles. The van der Waals surface area contributed by atoms with Crippen molar-refractivity contribution in [2.45, 2.75) is 25.3 Å². The molecule has 0 saturated carbocycles. The Morgan fingerprint density at radius 3 is 3.00 bits per heavy atom. The standard InChI is InChI=1S/C20H26N6O2/c1-21-9-11-26-18-7-10-25(13-14(18)5-6-19(26)27)20(28)17-12-16(23-24-17)15-4-2-3-8-22-15/h2-4,8,12,14,18,21H,5-7,9-11,13H2,1H3,(H,23,24)/t14-,18+/m0/s1. The third-order valence-electron chi connectivity index (χ3n) is 5.77. The van der Waals surface area contributed by atoms with Gasteiger partial charge in [0.15, 0.2) is 0 Å². The van der Waals surface area contributed by atoms with Gasteiger partial charge in [-0.15, -0.1) is 0 Å². The number of aromatic amines is 1. The zero-order valence-electron chi connectivity index (χ0n) is 16.1. The summed E-state index contributed by atoms with van der Waals surface area (Å²) in [6.07, 6.45) is 3.96. The van der Waals surface area contributed by atoms with Crippen molar-refractivity contribution in [1.82, 2.24) is 30.3 Å². The monoisotopic (exact) mass is 382 g/mol. The Hall–Kier alpha value is -2.74. The van der Waals surface area contributed by atoms with Crippen molar-refractivity contribution < 1.29 is 9.59 Å². The van der Waals surface area contributed by atoms with Crippen molar-refractivity contribution >= 4 is 11.8 Å². The van der Waals surface area contributed by atoms with Crippen LogP contribution in [0.1, 0.15) is 29.8 Å². The van der Waals surface area contributed by atoms with Crippen LogP contribution in [0.15, 0.2) is 30.5 Å². The fraction of sp³-hybridized carbons (Fsp3) is 0.500. The van der Waals surface area contributed by atoms with Crippen LogP contribution in [0.3, 0.4) is 0 Å². The number of carbonyl (C=O) groups is 2. The van der Waals surface area contributed by atoms with Gasteiger partial charge in [0.25, 0.3) is 5.91 Å². The Labute approximate surface area is 164 Å². The van der Waals surface area contributed by atoms with Crippen LogP contribution in [0.4, 0.5) is 0 Å². The van der Waals surface area contributed by atoms with Crippen LogP contribution in [0.2, 0.25) is 0 Å². The van der Waals surface area contributed by atoms with Gasteiger partial charge >= 0.3 is 0 Å². The van der Waals surface area contributed by atoms with Crippen LogP contribution < -0.4 is 5.32 Å². The number of hydrogen-bond donors (Lipinski definition) is 2. The molecule has 0 radical (unpaired) electrons. The van der Waals surface area contributed by atoms with E-state index >= 15 is 0 Å². The van der Waals surface area contributed by atoms with E-state index in [2.05, 4.69) is 20.5 Å². The van der Waals surface area contributed by atoms with Gasteiger partial charge in [0, 0.05) is 44.8 Å². The highest BCUT2D eigenvalue weighted by molar-refractivity contribution is 5.93. The summed E-state index contributed by atoms with van der Waals surface area (Å²) in [6.45, 7) is 2.87. The van der Waals surface area contributed by atoms with Gasteiger partial charge in [-0.2, -0.15) is 5.10 Å². The molecule has 4 heterocycles. The van der Waals surface area contributed by atoms with Gasteiger partial charge in [0.2, 0.25) is 5.91 Å². The molecule has 8 nitrogen and oxygen atoms in total. The molecule has 148 valence electrons. The number of carbonyl (C=O) groups excluding carboxylic acids is 2. The van der Waals surface area contributed by atoms with E-state index in [9.17, 15) is 9.59 Å². The van der Waals surface area contributed by atoms with Crippen LogP contribution in [0.5, 0.6) is 0 Å². The summed E-state index contributed by atoms with van der Waals surface area (Å²) in [6, 6.07) is 7.62. The number of hydrogen-bond acceptors (Lipinski definition) is 5. The Morgan fingerprint density at radius 1 is 1.32 bits per heavy atom. The molecule has 28 heavy (non-hydrogen) atoms. The molecule has 2 aromatic rings. The lowest BCUT2D eigenvalue weighted by molar-refractivity contribution is -0.140. The van der Waals surface area contributed by atoms with Crippen molar-refractivity contribution in [3.8, 4) is 11.4 Å². The van der Waals surface area contributed by atoms with E-state index in [0.29, 0.717) is 36.8 Å². The lowest BCUT2D eigenvalue weighted by Crippen LogP contribution is -2.57. The van der Waals surface area contributed by atoms with Crippen LogP contribution in [-0.2, 0) is 4.79 Å². The van der Waals surface area contributed by atoms with E-state index in [1.165, 1.54) is 0 Å². The van der Waals surface area contributed by atoms with Crippen molar-refractivity contribution in [3.05, 3.63) is 36.2 Å². The molecule has 0 bridgehead atoms. The maximum Gasteiger partial charge on any atom is 0.271 e. The van der Waals surface area contributed by atoms with Crippen LogP contribution in [0, 0.1) is 5.92 Å². The van der Waals surface area contributed by atoms with E-state index in [1.807, 2.05) is 35.0 Å². The first-order valence-corrected chi connectivity index (χ1v) is 9.87. The summed E-state index contributed by atoms with van der Waals surface area (Å²) in [7, 11) is 1.90. The molecule has 2 fully saturated rings. The predicted octanol–water partition coefficient (Wildman–Crippen LogP) is 1.14. The van der Waals surface area contributed by atoms with Gasteiger partial charge in [-0.3, -0.25) is 19.7 Å². The normalized spacial score (nSPS) is 22.2. The highest BCUT2D eigenvalue weighted by Crippen LogP contribution is 2.31. The second-order valence-corrected chi connectivity index (χ2v) is 7.48. The van der Waals surface area contributed by atoms with E-state index in [1.54, 1.807) is 12.3 Å². The first-order chi connectivity index (χ1) is 13.7. The molecule has 2 aliphatic rings. The van der Waals surface area contributed by atoms with Crippen LogP contribution in [-0.4, -0.2) is 76.1 Å². The number of aromatic nitrogens is 3. The number of pyridine rings is 1. The van der Waals surface area contributed by atoms with Gasteiger partial charge in [-0.1, -0.05) is 6.07 Å². The van der Waals surface area contributed by atoms with Crippen LogP contribution >= 0.6 is 0 Å². The summed E-state index contributed by atoms with van der Waals surface area (Å²) in [4.78, 5) is 33.5. The number of nitrogens with one attached hydrogen (secondary N) is 2. The summed E-state index contributed by atoms with van der Waals surface area (Å²) >= 11 is 0. The summed E-state index contributed by atoms with van der Waals surface area (Å²) in [5.74, 6) is 0.544. The van der Waals surface area contributed by atoms with E-state index in [4.69, 9.17) is 0 Å². The van der Waals surface area contributed by atoms with E-state index < -0.39 is 0 Å².